The fourth-order valence-electron chi connectivity index (χ4n) is 8.43. The van der Waals surface area contributed by atoms with Crippen molar-refractivity contribution in [3.05, 3.63) is 88.8 Å². The minimum atomic E-state index is -2.92. The van der Waals surface area contributed by atoms with Crippen molar-refractivity contribution in [3.63, 3.8) is 0 Å². The van der Waals surface area contributed by atoms with Gasteiger partial charge >= 0.3 is 6.00 Å². The van der Waals surface area contributed by atoms with Crippen molar-refractivity contribution < 1.29 is 0 Å². The molecule has 0 atom stereocenters. The lowest BCUT2D eigenvalue weighted by Crippen LogP contribution is -2.37. The third kappa shape index (κ3) is 12.2. The van der Waals surface area contributed by atoms with E-state index in [1.807, 2.05) is 68.0 Å². The van der Waals surface area contributed by atoms with E-state index in [0.717, 1.165) is 4.50 Å². The summed E-state index contributed by atoms with van der Waals surface area (Å²) in [5.74, 6) is 0. The van der Waals surface area contributed by atoms with Gasteiger partial charge < -0.3 is 0 Å². The van der Waals surface area contributed by atoms with Gasteiger partial charge in [-0.2, -0.15) is 0 Å². The Morgan fingerprint density at radius 3 is 1.23 bits per heavy atom. The summed E-state index contributed by atoms with van der Waals surface area (Å²) in [7, 11) is -3.16. The van der Waals surface area contributed by atoms with Gasteiger partial charge in [0.2, 0.25) is 0 Å². The number of aryl methyl sites for hydroxylation is 3. The maximum absolute atomic E-state index is 6.39. The molecule has 8 aromatic rings. The molecule has 14 heteroatoms. The molecule has 8 rings (SSSR count). The Morgan fingerprint density at radius 1 is 0.379 bits per heavy atom. The number of unbranched alkanes of at least 4 members (excludes halogenated alkanes) is 9. The van der Waals surface area contributed by atoms with Crippen molar-refractivity contribution in [1.29, 1.82) is 0 Å². The normalized spacial score (nSPS) is 12.6. The predicted molar refractivity (Wildman–Crippen MR) is 321 cm³/mol. The van der Waals surface area contributed by atoms with Crippen LogP contribution in [0.1, 0.15) is 87.1 Å². The van der Waals surface area contributed by atoms with E-state index in [1.54, 1.807) is 31.5 Å². The monoisotopic (exact) mass is 1130 g/mol. The van der Waals surface area contributed by atoms with Gasteiger partial charge in [-0.1, -0.05) is 104 Å². The average molecular weight is 1130 g/mol. The van der Waals surface area contributed by atoms with Crippen LogP contribution in [0.25, 0.3) is 68.3 Å². The highest BCUT2D eigenvalue weighted by Crippen LogP contribution is 2.49. The molecule has 66 heavy (non-hydrogen) atoms. The molecule has 350 valence electrons. The van der Waals surface area contributed by atoms with E-state index in [1.165, 1.54) is 145 Å². The van der Waals surface area contributed by atoms with Gasteiger partial charge in [0.15, 0.2) is 0 Å². The number of thiophene rings is 8. The summed E-state index contributed by atoms with van der Waals surface area (Å²) in [6.07, 6.45) is 15.1. The third-order valence-corrected chi connectivity index (χ3v) is 31.5. The number of hydrogen-bond donors (Lipinski definition) is 0. The van der Waals surface area contributed by atoms with Crippen molar-refractivity contribution in [3.8, 4) is 68.3 Å². The maximum Gasteiger partial charge on any atom is 0.383 e. The van der Waals surface area contributed by atoms with Crippen molar-refractivity contribution in [2.75, 3.05) is 0 Å². The van der Waals surface area contributed by atoms with Crippen LogP contribution < -0.4 is 14.9 Å². The van der Waals surface area contributed by atoms with Crippen LogP contribution in [0, 0.1) is 13.8 Å². The Bertz CT molecular complexity index is 2870. The van der Waals surface area contributed by atoms with Crippen LogP contribution in [0.2, 0.25) is 39.3 Å². The molecule has 0 nitrogen and oxygen atoms in total. The second-order valence-electron chi connectivity index (χ2n) is 19.6. The van der Waals surface area contributed by atoms with E-state index in [2.05, 4.69) is 144 Å². The molecule has 0 unspecified atom stereocenters. The van der Waals surface area contributed by atoms with Crippen molar-refractivity contribution in [2.45, 2.75) is 131 Å². The number of rotatable bonds is 21. The zero-order valence-corrected chi connectivity index (χ0v) is 51.4. The molecular weight excluding hydrogens is 1070 g/mol. The fraction of sp³-hybridized carbons (Fsp3) is 0.385. The molecule has 0 radical (unpaired) electrons. The Balaban J connectivity index is 0.967. The van der Waals surface area contributed by atoms with E-state index in [-0.39, 0.29) is 0 Å². The van der Waals surface area contributed by atoms with Crippen LogP contribution in [0.4, 0.5) is 0 Å². The highest BCUT2D eigenvalue weighted by atomic mass is 35.8. The van der Waals surface area contributed by atoms with E-state index in [0.29, 0.717) is 0 Å². The van der Waals surface area contributed by atoms with Gasteiger partial charge in [0.25, 0.3) is 0 Å². The second-order valence-corrected chi connectivity index (χ2v) is 47.1. The van der Waals surface area contributed by atoms with Crippen LogP contribution in [-0.2, 0) is 6.42 Å². The van der Waals surface area contributed by atoms with Gasteiger partial charge in [0, 0.05) is 77.7 Å². The average Bonchev–Trinajstić information content (AvgIpc) is 4.10. The number of halogens is 3. The van der Waals surface area contributed by atoms with Crippen molar-refractivity contribution in [1.82, 2.24) is 0 Å². The molecule has 0 aliphatic heterocycles. The molecule has 0 bridgehead atoms. The van der Waals surface area contributed by atoms with Crippen molar-refractivity contribution in [2.24, 2.45) is 0 Å². The molecule has 0 fully saturated rings. The second kappa shape index (κ2) is 21.9. The summed E-state index contributed by atoms with van der Waals surface area (Å²) in [5, 5.41) is 3.19. The highest BCUT2D eigenvalue weighted by molar-refractivity contribution is 7.73. The Labute approximate surface area is 443 Å². The fourth-order valence-corrected chi connectivity index (χ4v) is 25.6. The summed E-state index contributed by atoms with van der Waals surface area (Å²) in [6, 6.07) is 25.4. The maximum atomic E-state index is 6.39. The summed E-state index contributed by atoms with van der Waals surface area (Å²) in [5.41, 5.74) is 2.54. The van der Waals surface area contributed by atoms with Crippen molar-refractivity contribution >= 4 is 161 Å². The standard InChI is InChI=1S/C52H61Cl3S8Si3/c1-10-11-12-13-14-15-16-17-18-19-20-35-31-46(64(4,5)6)51(56-35)42-27-23-38(59-42)36-21-25-40(57-36)49-33(2)29-44(61-49)45-32-47(65(7,8)9)52(62-45)43-28-24-39(60-43)37-22-26-41(58-37)50-34(3)30-48(63-50)66(53,54)55/h21-32H,10-20H2,1-9H3. The summed E-state index contributed by atoms with van der Waals surface area (Å²) in [6.45, 7) is 21.7. The molecule has 0 aliphatic rings. The quantitative estimate of drug-likeness (QED) is 0.0382. The van der Waals surface area contributed by atoms with Gasteiger partial charge in [-0.15, -0.1) is 124 Å². The summed E-state index contributed by atoms with van der Waals surface area (Å²) < 4.78 is 0.897. The SMILES string of the molecule is CCCCCCCCCCCCc1cc([Si](C)(C)C)c(-c2ccc(-c3ccc(-c4sc(-c5cc([Si](C)(C)C)c(-c6ccc(-c7ccc(-c8sc([Si](Cl)(Cl)Cl)cc8C)s7)s6)s5)cc4C)s3)s2)s1. The topological polar surface area (TPSA) is 0 Å². The molecule has 0 saturated carbocycles. The van der Waals surface area contributed by atoms with Crippen LogP contribution in [0.5, 0.6) is 0 Å². The van der Waals surface area contributed by atoms with E-state index < -0.39 is 22.2 Å². The molecular formula is C52H61Cl3S8Si3. The Kier molecular flexibility index (Phi) is 17.0. The predicted octanol–water partition coefficient (Wildman–Crippen LogP) is 20.9. The van der Waals surface area contributed by atoms with Gasteiger partial charge in [0.1, 0.15) is 0 Å². The first-order valence-corrected chi connectivity index (χ1v) is 41.9. The molecule has 0 aliphatic carbocycles. The van der Waals surface area contributed by atoms with Crippen LogP contribution in [0.3, 0.4) is 0 Å². The molecule has 0 amide bonds. The minimum absolute atomic E-state index is 0.897. The number of hydrogen-bond acceptors (Lipinski definition) is 8. The molecule has 0 N–H and O–H groups in total. The minimum Gasteiger partial charge on any atom is -0.140 e. The van der Waals surface area contributed by atoms with Gasteiger partial charge in [-0.05, 0) is 121 Å². The first kappa shape index (κ1) is 51.5. The third-order valence-electron chi connectivity index (χ3n) is 12.1. The smallest absolute Gasteiger partial charge is 0.140 e. The largest absolute Gasteiger partial charge is 0.383 e. The Morgan fingerprint density at radius 2 is 0.758 bits per heavy atom. The summed E-state index contributed by atoms with van der Waals surface area (Å²) >= 11 is 34.5. The van der Waals surface area contributed by atoms with E-state index in [4.69, 9.17) is 33.2 Å². The summed E-state index contributed by atoms with van der Waals surface area (Å²) in [4.78, 5) is 20.7. The van der Waals surface area contributed by atoms with Crippen LogP contribution >= 0.6 is 124 Å². The lowest BCUT2D eigenvalue weighted by molar-refractivity contribution is 0.557. The molecule has 0 aromatic carbocycles. The molecule has 8 heterocycles. The van der Waals surface area contributed by atoms with E-state index in [9.17, 15) is 0 Å². The highest BCUT2D eigenvalue weighted by Gasteiger charge is 2.32. The molecule has 0 spiro atoms. The first-order chi connectivity index (χ1) is 31.4. The molecule has 0 saturated heterocycles. The zero-order chi connectivity index (χ0) is 47.0. The lowest BCUT2D eigenvalue weighted by Gasteiger charge is -2.16. The van der Waals surface area contributed by atoms with E-state index >= 15 is 0 Å². The lowest BCUT2D eigenvalue weighted by atomic mass is 10.1. The van der Waals surface area contributed by atoms with Gasteiger partial charge in [-0.25, -0.2) is 0 Å². The van der Waals surface area contributed by atoms with Crippen LogP contribution in [0.15, 0.2) is 72.8 Å². The Hall–Kier alpha value is -0.879. The zero-order valence-electron chi connectivity index (χ0n) is 39.6. The first-order valence-electron chi connectivity index (χ1n) is 23.3. The van der Waals surface area contributed by atoms with Crippen LogP contribution in [-0.4, -0.2) is 22.2 Å². The van der Waals surface area contributed by atoms with Gasteiger partial charge in [0.05, 0.1) is 16.1 Å². The molecule has 8 aromatic heterocycles. The van der Waals surface area contributed by atoms with Gasteiger partial charge in [-0.3, -0.25) is 0 Å².